The highest BCUT2D eigenvalue weighted by atomic mass is 16.5. The Morgan fingerprint density at radius 2 is 1.50 bits per heavy atom. The average Bonchev–Trinajstić information content (AvgIpc) is 3.11. The van der Waals surface area contributed by atoms with E-state index in [-0.39, 0.29) is 11.5 Å². The van der Waals surface area contributed by atoms with Crippen molar-refractivity contribution < 1.29 is 19.4 Å². The maximum Gasteiger partial charge on any atom is 0.339 e. The van der Waals surface area contributed by atoms with Crippen molar-refractivity contribution in [2.75, 3.05) is 7.11 Å². The van der Waals surface area contributed by atoms with Gasteiger partial charge in [-0.3, -0.25) is 5.10 Å². The molecule has 0 unspecified atom stereocenters. The molecule has 3 aromatic rings. The maximum atomic E-state index is 11.4. The van der Waals surface area contributed by atoms with Crippen molar-refractivity contribution in [3.8, 4) is 22.4 Å². The second-order valence-corrected chi connectivity index (χ2v) is 5.11. The summed E-state index contributed by atoms with van der Waals surface area (Å²) in [5.74, 6) is -1.40. The third kappa shape index (κ3) is 2.89. The molecule has 120 valence electrons. The first-order valence-electron chi connectivity index (χ1n) is 7.16. The van der Waals surface area contributed by atoms with Gasteiger partial charge in [-0.15, -0.1) is 0 Å². The smallest absolute Gasteiger partial charge is 0.339 e. The fourth-order valence-corrected chi connectivity index (χ4v) is 2.41. The number of rotatable bonds is 4. The van der Waals surface area contributed by atoms with E-state index >= 15 is 0 Å². The molecule has 0 saturated carbocycles. The number of benzene rings is 2. The summed E-state index contributed by atoms with van der Waals surface area (Å²) in [7, 11) is 1.34. The maximum absolute atomic E-state index is 11.4. The molecular formula is C18H14N2O4. The van der Waals surface area contributed by atoms with Gasteiger partial charge in [0.1, 0.15) is 5.56 Å². The number of H-pyrrole nitrogens is 1. The number of aromatic nitrogens is 2. The number of esters is 1. The standard InChI is InChI=1S/C18H14N2O4/c1-24-18(23)14-8-4-12(5-9-14)11-2-6-13(7-3-11)16-15(17(21)22)10-19-20-16/h2-10H,1H3,(H,19,20)(H,21,22). The lowest BCUT2D eigenvalue weighted by molar-refractivity contribution is 0.0600. The molecule has 2 N–H and O–H groups in total. The number of methoxy groups -OCH3 is 1. The molecule has 0 aliphatic heterocycles. The number of carboxylic acids is 1. The minimum absolute atomic E-state index is 0.130. The number of ether oxygens (including phenoxy) is 1. The van der Waals surface area contributed by atoms with E-state index in [4.69, 9.17) is 5.11 Å². The lowest BCUT2D eigenvalue weighted by Crippen LogP contribution is -2.00. The Hall–Kier alpha value is -3.41. The van der Waals surface area contributed by atoms with Crippen LogP contribution in [0.1, 0.15) is 20.7 Å². The third-order valence-corrected chi connectivity index (χ3v) is 3.68. The van der Waals surface area contributed by atoms with Crippen molar-refractivity contribution in [1.82, 2.24) is 10.2 Å². The molecule has 1 heterocycles. The Bertz CT molecular complexity index is 880. The molecule has 24 heavy (non-hydrogen) atoms. The first kappa shape index (κ1) is 15.5. The molecule has 1 aromatic heterocycles. The first-order valence-corrected chi connectivity index (χ1v) is 7.16. The van der Waals surface area contributed by atoms with E-state index in [2.05, 4.69) is 14.9 Å². The summed E-state index contributed by atoms with van der Waals surface area (Å²) in [5, 5.41) is 15.6. The Morgan fingerprint density at radius 1 is 0.958 bits per heavy atom. The van der Waals surface area contributed by atoms with Gasteiger partial charge in [-0.05, 0) is 23.3 Å². The highest BCUT2D eigenvalue weighted by Gasteiger charge is 2.14. The van der Waals surface area contributed by atoms with Crippen LogP contribution in [0.2, 0.25) is 0 Å². The zero-order chi connectivity index (χ0) is 17.1. The second-order valence-electron chi connectivity index (χ2n) is 5.11. The molecular weight excluding hydrogens is 308 g/mol. The quantitative estimate of drug-likeness (QED) is 0.719. The van der Waals surface area contributed by atoms with Crippen LogP contribution in [0, 0.1) is 0 Å². The van der Waals surface area contributed by atoms with Crippen molar-refractivity contribution in [1.29, 1.82) is 0 Å². The van der Waals surface area contributed by atoms with Gasteiger partial charge in [0, 0.05) is 5.56 Å². The third-order valence-electron chi connectivity index (χ3n) is 3.68. The molecule has 0 fully saturated rings. The number of nitrogens with one attached hydrogen (secondary N) is 1. The number of carbonyl (C=O) groups excluding carboxylic acids is 1. The van der Waals surface area contributed by atoms with E-state index in [0.29, 0.717) is 11.3 Å². The Balaban J connectivity index is 1.88. The zero-order valence-electron chi connectivity index (χ0n) is 12.8. The van der Waals surface area contributed by atoms with Crippen molar-refractivity contribution >= 4 is 11.9 Å². The average molecular weight is 322 g/mol. The summed E-state index contributed by atoms with van der Waals surface area (Å²) in [5.41, 5.74) is 3.71. The highest BCUT2D eigenvalue weighted by molar-refractivity contribution is 5.94. The topological polar surface area (TPSA) is 92.3 Å². The van der Waals surface area contributed by atoms with Crippen LogP contribution in [0.4, 0.5) is 0 Å². The molecule has 6 nitrogen and oxygen atoms in total. The predicted octanol–water partition coefficient (Wildman–Crippen LogP) is 3.23. The van der Waals surface area contributed by atoms with Crippen LogP contribution in [-0.2, 0) is 4.74 Å². The van der Waals surface area contributed by atoms with Crippen LogP contribution < -0.4 is 0 Å². The summed E-state index contributed by atoms with van der Waals surface area (Å²) in [4.78, 5) is 22.6. The molecule has 0 atom stereocenters. The van der Waals surface area contributed by atoms with Crippen LogP contribution in [0.15, 0.2) is 54.7 Å². The van der Waals surface area contributed by atoms with E-state index in [9.17, 15) is 9.59 Å². The van der Waals surface area contributed by atoms with E-state index in [1.807, 2.05) is 36.4 Å². The number of aromatic carboxylic acids is 1. The Morgan fingerprint density at radius 3 is 2.04 bits per heavy atom. The molecule has 0 spiro atoms. The van der Waals surface area contributed by atoms with Gasteiger partial charge in [-0.25, -0.2) is 9.59 Å². The van der Waals surface area contributed by atoms with Gasteiger partial charge < -0.3 is 9.84 Å². The molecule has 6 heteroatoms. The van der Waals surface area contributed by atoms with Crippen LogP contribution in [-0.4, -0.2) is 34.4 Å². The number of carboxylic acid groups (broad SMARTS) is 1. The van der Waals surface area contributed by atoms with E-state index in [1.165, 1.54) is 13.3 Å². The summed E-state index contributed by atoms with van der Waals surface area (Å²) in [6.45, 7) is 0. The summed E-state index contributed by atoms with van der Waals surface area (Å²) < 4.78 is 4.67. The number of carbonyl (C=O) groups is 2. The van der Waals surface area contributed by atoms with Gasteiger partial charge in [0.2, 0.25) is 0 Å². The molecule has 0 radical (unpaired) electrons. The molecule has 2 aromatic carbocycles. The normalized spacial score (nSPS) is 10.4. The number of nitrogens with zero attached hydrogens (tertiary/aromatic N) is 1. The second kappa shape index (κ2) is 6.37. The molecule has 0 aliphatic rings. The van der Waals surface area contributed by atoms with Gasteiger partial charge in [0.25, 0.3) is 0 Å². The van der Waals surface area contributed by atoms with Gasteiger partial charge >= 0.3 is 11.9 Å². The van der Waals surface area contributed by atoms with E-state index in [0.717, 1.165) is 16.7 Å². The van der Waals surface area contributed by atoms with E-state index in [1.54, 1.807) is 12.1 Å². The van der Waals surface area contributed by atoms with Gasteiger partial charge in [-0.1, -0.05) is 36.4 Å². The minimum atomic E-state index is -1.03. The molecule has 0 saturated heterocycles. The zero-order valence-corrected chi connectivity index (χ0v) is 12.8. The summed E-state index contributed by atoms with van der Waals surface area (Å²) in [6, 6.07) is 14.5. The fraction of sp³-hybridized carbons (Fsp3) is 0.0556. The van der Waals surface area contributed by atoms with Gasteiger partial charge in [0.15, 0.2) is 0 Å². The molecule has 0 amide bonds. The number of hydrogen-bond donors (Lipinski definition) is 2. The predicted molar refractivity (Wildman–Crippen MR) is 87.8 cm³/mol. The SMILES string of the molecule is COC(=O)c1ccc(-c2ccc(-c3[nH]ncc3C(=O)O)cc2)cc1. The van der Waals surface area contributed by atoms with Crippen molar-refractivity contribution in [3.63, 3.8) is 0 Å². The summed E-state index contributed by atoms with van der Waals surface area (Å²) >= 11 is 0. The lowest BCUT2D eigenvalue weighted by Gasteiger charge is -2.05. The van der Waals surface area contributed by atoms with Gasteiger partial charge in [0.05, 0.1) is 24.6 Å². The van der Waals surface area contributed by atoms with Crippen molar-refractivity contribution in [2.45, 2.75) is 0 Å². The molecule has 3 rings (SSSR count). The van der Waals surface area contributed by atoms with Crippen LogP contribution in [0.3, 0.4) is 0 Å². The van der Waals surface area contributed by atoms with E-state index < -0.39 is 5.97 Å². The summed E-state index contributed by atoms with van der Waals surface area (Å²) in [6.07, 6.45) is 1.29. The van der Waals surface area contributed by atoms with Crippen molar-refractivity contribution in [2.24, 2.45) is 0 Å². The number of hydrogen-bond acceptors (Lipinski definition) is 4. The lowest BCUT2D eigenvalue weighted by atomic mass is 10.0. The van der Waals surface area contributed by atoms with Gasteiger partial charge in [-0.2, -0.15) is 5.10 Å². The molecule has 0 bridgehead atoms. The van der Waals surface area contributed by atoms with Crippen molar-refractivity contribution in [3.05, 3.63) is 65.9 Å². The minimum Gasteiger partial charge on any atom is -0.478 e. The van der Waals surface area contributed by atoms with Crippen LogP contribution >= 0.6 is 0 Å². The van der Waals surface area contributed by atoms with Crippen LogP contribution in [0.5, 0.6) is 0 Å². The highest BCUT2D eigenvalue weighted by Crippen LogP contribution is 2.26. The number of aromatic amines is 1. The monoisotopic (exact) mass is 322 g/mol. The largest absolute Gasteiger partial charge is 0.478 e. The first-order chi connectivity index (χ1) is 11.6. The van der Waals surface area contributed by atoms with Crippen LogP contribution in [0.25, 0.3) is 22.4 Å². The molecule has 0 aliphatic carbocycles. The fourth-order valence-electron chi connectivity index (χ4n) is 2.41. The Kier molecular flexibility index (Phi) is 4.11. The Labute approximate surface area is 137 Å².